The Balaban J connectivity index is 1.92. The van der Waals surface area contributed by atoms with Crippen molar-refractivity contribution in [2.24, 2.45) is 17.3 Å². The predicted molar refractivity (Wildman–Crippen MR) is 130 cm³/mol. The zero-order chi connectivity index (χ0) is 23.5. The SMILES string of the molecule is CC1CCC(C(=O)N(C2=C(C(=O)O)SC(C#CC(C)(C)C)C2)N(C)C2CCNCC2)CC1. The molecule has 3 aliphatic rings. The summed E-state index contributed by atoms with van der Waals surface area (Å²) in [4.78, 5) is 26.3. The largest absolute Gasteiger partial charge is 0.477 e. The number of nitrogens with zero attached hydrogens (tertiary/aromatic N) is 2. The molecule has 2 aliphatic heterocycles. The second-order valence-corrected chi connectivity index (χ2v) is 11.8. The van der Waals surface area contributed by atoms with Gasteiger partial charge in [0.25, 0.3) is 0 Å². The predicted octanol–water partition coefficient (Wildman–Crippen LogP) is 4.09. The van der Waals surface area contributed by atoms with Gasteiger partial charge >= 0.3 is 5.97 Å². The molecular formula is C25H39N3O3S. The summed E-state index contributed by atoms with van der Waals surface area (Å²) < 4.78 is 0. The summed E-state index contributed by atoms with van der Waals surface area (Å²) in [6.45, 7) is 10.2. The minimum atomic E-state index is -0.959. The van der Waals surface area contributed by atoms with Crippen molar-refractivity contribution in [1.82, 2.24) is 15.3 Å². The van der Waals surface area contributed by atoms with E-state index in [1.807, 2.05) is 12.1 Å². The third-order valence-corrected chi connectivity index (χ3v) is 7.90. The molecule has 2 N–H and O–H groups in total. The molecule has 1 saturated carbocycles. The number of nitrogens with one attached hydrogen (secondary N) is 1. The first-order valence-corrected chi connectivity index (χ1v) is 12.9. The van der Waals surface area contributed by atoms with Gasteiger partial charge in [0.05, 0.1) is 10.9 Å². The van der Waals surface area contributed by atoms with Gasteiger partial charge < -0.3 is 10.4 Å². The normalized spacial score (nSPS) is 27.2. The van der Waals surface area contributed by atoms with Crippen molar-refractivity contribution < 1.29 is 14.7 Å². The van der Waals surface area contributed by atoms with E-state index in [-0.39, 0.29) is 33.4 Å². The third-order valence-electron chi connectivity index (χ3n) is 6.69. The molecule has 178 valence electrons. The molecular weight excluding hydrogens is 422 g/mol. The zero-order valence-electron chi connectivity index (χ0n) is 20.2. The standard InChI is InChI=1S/C25H39N3O3S/c1-17-6-8-18(9-7-17)23(29)28(27(5)19-11-14-26-15-12-19)21-16-20(10-13-25(2,3)4)32-22(21)24(30)31/h17-20,26H,6-9,11-12,14-16H2,1-5H3,(H,30,31). The molecule has 2 heterocycles. The summed E-state index contributed by atoms with van der Waals surface area (Å²) in [6.07, 6.45) is 6.25. The number of hydrogen-bond acceptors (Lipinski definition) is 5. The Hall–Kier alpha value is -1.49. The Labute approximate surface area is 197 Å². The fourth-order valence-electron chi connectivity index (χ4n) is 4.76. The lowest BCUT2D eigenvalue weighted by atomic mass is 9.82. The fourth-order valence-corrected chi connectivity index (χ4v) is 5.81. The lowest BCUT2D eigenvalue weighted by Gasteiger charge is -2.42. The quantitative estimate of drug-likeness (QED) is 0.475. The molecule has 1 saturated heterocycles. The van der Waals surface area contributed by atoms with E-state index < -0.39 is 5.97 Å². The smallest absolute Gasteiger partial charge is 0.344 e. The van der Waals surface area contributed by atoms with Gasteiger partial charge in [-0.05, 0) is 78.3 Å². The lowest BCUT2D eigenvalue weighted by Crippen LogP contribution is -2.53. The molecule has 3 rings (SSSR count). The molecule has 0 aromatic heterocycles. The van der Waals surface area contributed by atoms with E-state index >= 15 is 0 Å². The maximum Gasteiger partial charge on any atom is 0.344 e. The Morgan fingerprint density at radius 2 is 1.72 bits per heavy atom. The number of hydrazine groups is 1. The number of carbonyl (C=O) groups is 2. The van der Waals surface area contributed by atoms with Crippen molar-refractivity contribution >= 4 is 23.6 Å². The summed E-state index contributed by atoms with van der Waals surface area (Å²) in [5, 5.41) is 17.0. The molecule has 0 aromatic rings. The number of rotatable bonds is 5. The van der Waals surface area contributed by atoms with Gasteiger partial charge in [0.2, 0.25) is 5.91 Å². The number of aliphatic carboxylic acids is 1. The van der Waals surface area contributed by atoms with Crippen LogP contribution in [0.3, 0.4) is 0 Å². The van der Waals surface area contributed by atoms with Crippen LogP contribution in [0, 0.1) is 29.1 Å². The highest BCUT2D eigenvalue weighted by Crippen LogP contribution is 2.42. The van der Waals surface area contributed by atoms with Crippen LogP contribution in [0.1, 0.15) is 72.6 Å². The molecule has 2 fully saturated rings. The first-order valence-electron chi connectivity index (χ1n) is 12.0. The second kappa shape index (κ2) is 10.6. The van der Waals surface area contributed by atoms with Crippen molar-refractivity contribution in [3.63, 3.8) is 0 Å². The number of carbonyl (C=O) groups excluding carboxylic acids is 1. The molecule has 1 atom stereocenters. The topological polar surface area (TPSA) is 72.9 Å². The monoisotopic (exact) mass is 461 g/mol. The van der Waals surface area contributed by atoms with Gasteiger partial charge in [0.1, 0.15) is 4.91 Å². The Bertz CT molecular complexity index is 793. The van der Waals surface area contributed by atoms with Crippen molar-refractivity contribution in [2.45, 2.75) is 83.9 Å². The van der Waals surface area contributed by atoms with Crippen LogP contribution in [0.5, 0.6) is 0 Å². The van der Waals surface area contributed by atoms with Gasteiger partial charge in [-0.2, -0.15) is 0 Å². The Morgan fingerprint density at radius 3 is 2.28 bits per heavy atom. The van der Waals surface area contributed by atoms with E-state index in [1.165, 1.54) is 11.8 Å². The van der Waals surface area contributed by atoms with Crippen LogP contribution in [0.15, 0.2) is 10.6 Å². The molecule has 0 aromatic carbocycles. The summed E-state index contributed by atoms with van der Waals surface area (Å²) >= 11 is 1.30. The van der Waals surface area contributed by atoms with Gasteiger partial charge in [-0.3, -0.25) is 4.79 Å². The average Bonchev–Trinajstić information content (AvgIpc) is 3.17. The molecule has 1 amide bonds. The maximum absolute atomic E-state index is 13.9. The number of carboxylic acids is 1. The number of thioether (sulfide) groups is 1. The van der Waals surface area contributed by atoms with Crippen molar-refractivity contribution in [2.75, 3.05) is 20.1 Å². The number of piperidine rings is 1. The number of carboxylic acid groups (broad SMARTS) is 1. The molecule has 0 radical (unpaired) electrons. The van der Waals surface area contributed by atoms with Gasteiger partial charge in [-0.25, -0.2) is 14.8 Å². The van der Waals surface area contributed by atoms with Crippen LogP contribution < -0.4 is 5.32 Å². The fraction of sp³-hybridized carbons (Fsp3) is 0.760. The molecule has 1 aliphatic carbocycles. The second-order valence-electron chi connectivity index (χ2n) is 10.6. The Morgan fingerprint density at radius 1 is 1.09 bits per heavy atom. The van der Waals surface area contributed by atoms with Gasteiger partial charge in [0.15, 0.2) is 0 Å². The number of hydrogen-bond donors (Lipinski definition) is 2. The van der Waals surface area contributed by atoms with E-state index in [0.29, 0.717) is 18.0 Å². The highest BCUT2D eigenvalue weighted by Gasteiger charge is 2.40. The van der Waals surface area contributed by atoms with E-state index in [9.17, 15) is 14.7 Å². The third kappa shape index (κ3) is 6.30. The van der Waals surface area contributed by atoms with E-state index in [2.05, 4.69) is 44.9 Å². The molecule has 6 nitrogen and oxygen atoms in total. The van der Waals surface area contributed by atoms with E-state index in [4.69, 9.17) is 0 Å². The van der Waals surface area contributed by atoms with E-state index in [0.717, 1.165) is 51.6 Å². The average molecular weight is 462 g/mol. The highest BCUT2D eigenvalue weighted by atomic mass is 32.2. The van der Waals surface area contributed by atoms with Crippen LogP contribution in [0.25, 0.3) is 0 Å². The molecule has 0 bridgehead atoms. The van der Waals surface area contributed by atoms with E-state index in [1.54, 1.807) is 5.01 Å². The number of allylic oxidation sites excluding steroid dienone is 1. The van der Waals surface area contributed by atoms with Crippen molar-refractivity contribution in [3.05, 3.63) is 10.6 Å². The van der Waals surface area contributed by atoms with Crippen LogP contribution >= 0.6 is 11.8 Å². The highest BCUT2D eigenvalue weighted by molar-refractivity contribution is 8.05. The molecule has 1 unspecified atom stereocenters. The van der Waals surface area contributed by atoms with Crippen LogP contribution in [0.4, 0.5) is 0 Å². The van der Waals surface area contributed by atoms with Crippen LogP contribution in [-0.4, -0.2) is 58.4 Å². The zero-order valence-corrected chi connectivity index (χ0v) is 21.1. The van der Waals surface area contributed by atoms with Gasteiger partial charge in [-0.1, -0.05) is 30.5 Å². The Kier molecular flexibility index (Phi) is 8.35. The van der Waals surface area contributed by atoms with Gasteiger partial charge in [-0.15, -0.1) is 0 Å². The summed E-state index contributed by atoms with van der Waals surface area (Å²) in [7, 11) is 1.96. The number of amides is 1. The minimum Gasteiger partial charge on any atom is -0.477 e. The molecule has 0 spiro atoms. The van der Waals surface area contributed by atoms with Crippen molar-refractivity contribution in [3.8, 4) is 11.8 Å². The molecule has 32 heavy (non-hydrogen) atoms. The van der Waals surface area contributed by atoms with Gasteiger partial charge in [0, 0.05) is 30.8 Å². The summed E-state index contributed by atoms with van der Waals surface area (Å²) in [6, 6.07) is 0.218. The first-order chi connectivity index (χ1) is 15.1. The minimum absolute atomic E-state index is 0.0392. The molecule has 7 heteroatoms. The summed E-state index contributed by atoms with van der Waals surface area (Å²) in [5.41, 5.74) is 0.479. The first kappa shape index (κ1) is 25.1. The maximum atomic E-state index is 13.9. The lowest BCUT2D eigenvalue weighted by molar-refractivity contribution is -0.152. The summed E-state index contributed by atoms with van der Waals surface area (Å²) in [5.74, 6) is 6.26. The van der Waals surface area contributed by atoms with Crippen LogP contribution in [-0.2, 0) is 9.59 Å². The van der Waals surface area contributed by atoms with Crippen molar-refractivity contribution in [1.29, 1.82) is 0 Å². The van der Waals surface area contributed by atoms with Crippen LogP contribution in [0.2, 0.25) is 0 Å².